The normalized spacial score (nSPS) is 25.2. The lowest BCUT2D eigenvalue weighted by Gasteiger charge is -2.45. The average molecular weight is 469 g/mol. The molecule has 2 aliphatic heterocycles. The summed E-state index contributed by atoms with van der Waals surface area (Å²) in [4.78, 5) is 32.0. The first-order valence-electron chi connectivity index (χ1n) is 13.4. The molecule has 2 aromatic heterocycles. The lowest BCUT2D eigenvalue weighted by Crippen LogP contribution is -2.65. The van der Waals surface area contributed by atoms with E-state index >= 15 is 0 Å². The lowest BCUT2D eigenvalue weighted by molar-refractivity contribution is -0.133. The third-order valence-electron chi connectivity index (χ3n) is 8.26. The molecule has 1 N–H and O–H groups in total. The average Bonchev–Trinajstić information content (AvgIpc) is 3.08. The van der Waals surface area contributed by atoms with E-state index in [1.165, 1.54) is 38.5 Å². The van der Waals surface area contributed by atoms with Gasteiger partial charge in [-0.2, -0.15) is 0 Å². The number of aryl methyl sites for hydroxylation is 1. The maximum Gasteiger partial charge on any atom is 0.271 e. The predicted octanol–water partition coefficient (Wildman–Crippen LogP) is 4.47. The number of nitrogens with one attached hydrogen (secondary N) is 1. The summed E-state index contributed by atoms with van der Waals surface area (Å²) in [5.74, 6) is 0.737. The highest BCUT2D eigenvalue weighted by Gasteiger charge is 2.48. The third-order valence-corrected chi connectivity index (χ3v) is 8.26. The van der Waals surface area contributed by atoms with Crippen molar-refractivity contribution in [1.82, 2.24) is 19.7 Å². The van der Waals surface area contributed by atoms with E-state index in [1.54, 1.807) is 0 Å². The number of fused-ring (bicyclic) bond motifs is 3. The summed E-state index contributed by atoms with van der Waals surface area (Å²) in [5, 5.41) is 3.36. The van der Waals surface area contributed by atoms with Crippen LogP contribution in [0.4, 0.5) is 0 Å². The number of aromatic nitrogens is 1. The van der Waals surface area contributed by atoms with Crippen molar-refractivity contribution in [2.75, 3.05) is 26.2 Å². The Balaban J connectivity index is 1.43. The SMILES string of the molecule is Cc1cc2c(cc3n2C[C@](C)(C(=O)NC2CCCCCC2)N(CCN2CCCCCC2)C3=O)o1. The van der Waals surface area contributed by atoms with Gasteiger partial charge in [0.2, 0.25) is 5.91 Å². The molecule has 34 heavy (non-hydrogen) atoms. The minimum Gasteiger partial charge on any atom is -0.460 e. The van der Waals surface area contributed by atoms with Gasteiger partial charge in [0.1, 0.15) is 17.0 Å². The molecule has 0 bridgehead atoms. The molecule has 186 valence electrons. The van der Waals surface area contributed by atoms with E-state index in [-0.39, 0.29) is 17.9 Å². The minimum absolute atomic E-state index is 0.0173. The van der Waals surface area contributed by atoms with E-state index in [0.717, 1.165) is 62.2 Å². The van der Waals surface area contributed by atoms with Crippen LogP contribution in [-0.4, -0.2) is 63.9 Å². The fourth-order valence-corrected chi connectivity index (χ4v) is 6.18. The molecule has 0 unspecified atom stereocenters. The largest absolute Gasteiger partial charge is 0.460 e. The van der Waals surface area contributed by atoms with E-state index < -0.39 is 5.54 Å². The van der Waals surface area contributed by atoms with Gasteiger partial charge >= 0.3 is 0 Å². The number of nitrogens with zero attached hydrogens (tertiary/aromatic N) is 3. The zero-order valence-corrected chi connectivity index (χ0v) is 20.9. The quantitative estimate of drug-likeness (QED) is 0.657. The molecular formula is C27H40N4O3. The number of carbonyl (C=O) groups is 2. The van der Waals surface area contributed by atoms with Crippen molar-refractivity contribution in [3.63, 3.8) is 0 Å². The molecule has 2 fully saturated rings. The fourth-order valence-electron chi connectivity index (χ4n) is 6.18. The van der Waals surface area contributed by atoms with E-state index in [1.807, 2.05) is 35.4 Å². The molecule has 1 aliphatic carbocycles. The Kier molecular flexibility index (Phi) is 6.74. The molecule has 1 saturated carbocycles. The maximum absolute atomic E-state index is 13.9. The topological polar surface area (TPSA) is 70.7 Å². The smallest absolute Gasteiger partial charge is 0.271 e. The van der Waals surface area contributed by atoms with Gasteiger partial charge in [-0.1, -0.05) is 38.5 Å². The van der Waals surface area contributed by atoms with Crippen molar-refractivity contribution in [2.45, 2.75) is 96.2 Å². The van der Waals surface area contributed by atoms with Crippen LogP contribution in [-0.2, 0) is 11.3 Å². The van der Waals surface area contributed by atoms with Crippen molar-refractivity contribution in [3.8, 4) is 0 Å². The van der Waals surface area contributed by atoms with Crippen molar-refractivity contribution in [2.24, 2.45) is 0 Å². The Morgan fingerprint density at radius 3 is 2.41 bits per heavy atom. The van der Waals surface area contributed by atoms with E-state index in [0.29, 0.717) is 18.8 Å². The standard InChI is InChI=1S/C27H40N4O3/c1-20-17-22-24(34-20)18-23-25(32)31(16-15-29-13-9-5-6-10-14-29)27(2,19-30(22)23)26(33)28-21-11-7-3-4-8-12-21/h17-18,21H,3-16,19H2,1-2H3,(H,28,33)/t27-/m1/s1. The third kappa shape index (κ3) is 4.51. The number of amides is 2. The van der Waals surface area contributed by atoms with Crippen LogP contribution in [0.5, 0.6) is 0 Å². The van der Waals surface area contributed by atoms with Crippen molar-refractivity contribution in [3.05, 3.63) is 23.6 Å². The summed E-state index contributed by atoms with van der Waals surface area (Å²) in [6.45, 7) is 7.87. The Morgan fingerprint density at radius 2 is 1.71 bits per heavy atom. The highest BCUT2D eigenvalue weighted by molar-refractivity contribution is 6.03. The molecule has 7 nitrogen and oxygen atoms in total. The second-order valence-electron chi connectivity index (χ2n) is 10.9. The summed E-state index contributed by atoms with van der Waals surface area (Å²) in [6.07, 6.45) is 11.9. The molecule has 2 aromatic rings. The predicted molar refractivity (Wildman–Crippen MR) is 133 cm³/mol. The van der Waals surface area contributed by atoms with E-state index in [2.05, 4.69) is 10.2 Å². The monoisotopic (exact) mass is 468 g/mol. The summed E-state index contributed by atoms with van der Waals surface area (Å²) >= 11 is 0. The van der Waals surface area contributed by atoms with Crippen LogP contribution in [0.2, 0.25) is 0 Å². The number of likely N-dealkylation sites (tertiary alicyclic amines) is 1. The first-order chi connectivity index (χ1) is 16.5. The van der Waals surface area contributed by atoms with Crippen LogP contribution in [0.1, 0.15) is 87.4 Å². The molecule has 0 spiro atoms. The van der Waals surface area contributed by atoms with Crippen LogP contribution < -0.4 is 5.32 Å². The Labute approximate surface area is 202 Å². The number of hydrogen-bond acceptors (Lipinski definition) is 4. The van der Waals surface area contributed by atoms with Crippen LogP contribution in [0, 0.1) is 6.92 Å². The molecule has 0 aromatic carbocycles. The Bertz CT molecular complexity index is 1020. The van der Waals surface area contributed by atoms with Crippen LogP contribution in [0.3, 0.4) is 0 Å². The van der Waals surface area contributed by atoms with Crippen LogP contribution in [0.25, 0.3) is 11.1 Å². The first-order valence-corrected chi connectivity index (χ1v) is 13.4. The summed E-state index contributed by atoms with van der Waals surface area (Å²) < 4.78 is 7.84. The molecule has 2 amide bonds. The second kappa shape index (κ2) is 9.76. The van der Waals surface area contributed by atoms with Crippen molar-refractivity contribution < 1.29 is 14.0 Å². The van der Waals surface area contributed by atoms with Gasteiger partial charge in [-0.3, -0.25) is 9.59 Å². The molecule has 4 heterocycles. The number of rotatable bonds is 5. The van der Waals surface area contributed by atoms with E-state index in [4.69, 9.17) is 4.42 Å². The van der Waals surface area contributed by atoms with Gasteiger partial charge in [-0.25, -0.2) is 0 Å². The van der Waals surface area contributed by atoms with Gasteiger partial charge < -0.3 is 24.1 Å². The van der Waals surface area contributed by atoms with Crippen LogP contribution in [0.15, 0.2) is 16.5 Å². The number of carbonyl (C=O) groups excluding carboxylic acids is 2. The Morgan fingerprint density at radius 1 is 1.03 bits per heavy atom. The fraction of sp³-hybridized carbons (Fsp3) is 0.704. The minimum atomic E-state index is -0.931. The van der Waals surface area contributed by atoms with Gasteiger partial charge in [0.15, 0.2) is 5.58 Å². The molecule has 5 rings (SSSR count). The van der Waals surface area contributed by atoms with Gasteiger partial charge in [0, 0.05) is 31.3 Å². The molecule has 1 saturated heterocycles. The van der Waals surface area contributed by atoms with Gasteiger partial charge in [0.25, 0.3) is 5.91 Å². The molecule has 3 aliphatic rings. The van der Waals surface area contributed by atoms with Crippen LogP contribution >= 0.6 is 0 Å². The summed E-state index contributed by atoms with van der Waals surface area (Å²) in [7, 11) is 0. The van der Waals surface area contributed by atoms with E-state index in [9.17, 15) is 9.59 Å². The van der Waals surface area contributed by atoms with Gasteiger partial charge in [0.05, 0.1) is 12.1 Å². The molecule has 1 atom stereocenters. The zero-order chi connectivity index (χ0) is 23.7. The van der Waals surface area contributed by atoms with Crippen molar-refractivity contribution in [1.29, 1.82) is 0 Å². The van der Waals surface area contributed by atoms with Gasteiger partial charge in [-0.05, 0) is 52.6 Å². The first kappa shape index (κ1) is 23.5. The molecular weight excluding hydrogens is 428 g/mol. The number of furan rings is 1. The number of hydrogen-bond donors (Lipinski definition) is 1. The second-order valence-corrected chi connectivity index (χ2v) is 10.9. The van der Waals surface area contributed by atoms with Crippen molar-refractivity contribution >= 4 is 22.9 Å². The highest BCUT2D eigenvalue weighted by Crippen LogP contribution is 2.34. The summed E-state index contributed by atoms with van der Waals surface area (Å²) in [5.41, 5.74) is 1.33. The molecule has 7 heteroatoms. The highest BCUT2D eigenvalue weighted by atomic mass is 16.3. The molecule has 0 radical (unpaired) electrons. The zero-order valence-electron chi connectivity index (χ0n) is 20.9. The van der Waals surface area contributed by atoms with Gasteiger partial charge in [-0.15, -0.1) is 0 Å². The summed E-state index contributed by atoms with van der Waals surface area (Å²) in [6, 6.07) is 4.03. The lowest BCUT2D eigenvalue weighted by atomic mass is 9.93. The Hall–Kier alpha value is -2.28. The maximum atomic E-state index is 13.9.